The van der Waals surface area contributed by atoms with E-state index in [1.54, 1.807) is 0 Å². The molecule has 0 fully saturated rings. The highest BCUT2D eigenvalue weighted by Gasteiger charge is 2.20. The second kappa shape index (κ2) is 7.53. The lowest BCUT2D eigenvalue weighted by molar-refractivity contribution is -0.141. The summed E-state index contributed by atoms with van der Waals surface area (Å²) in [4.78, 5) is 22.8. The van der Waals surface area contributed by atoms with Crippen molar-refractivity contribution in [2.45, 2.75) is 32.4 Å². The smallest absolute Gasteiger partial charge is 0.326 e. The summed E-state index contributed by atoms with van der Waals surface area (Å²) >= 11 is 0. The molecule has 1 aromatic rings. The molecular formula is C14H20N2O3. The van der Waals surface area contributed by atoms with Crippen LogP contribution in [0.3, 0.4) is 0 Å². The number of nitrogens with one attached hydrogen (secondary N) is 2. The molecule has 5 nitrogen and oxygen atoms in total. The molecule has 0 heterocycles. The SMILES string of the molecule is CC(C)NCC(=O)NC(Cc1ccccc1)C(=O)O. The van der Waals surface area contributed by atoms with E-state index in [0.717, 1.165) is 5.56 Å². The maximum absolute atomic E-state index is 11.6. The lowest BCUT2D eigenvalue weighted by Crippen LogP contribution is -2.46. The van der Waals surface area contributed by atoms with Gasteiger partial charge in [0.05, 0.1) is 6.54 Å². The summed E-state index contributed by atoms with van der Waals surface area (Å²) in [5, 5.41) is 14.6. The third kappa shape index (κ3) is 6.01. The molecule has 19 heavy (non-hydrogen) atoms. The van der Waals surface area contributed by atoms with Crippen molar-refractivity contribution in [2.24, 2.45) is 0 Å². The molecule has 1 atom stereocenters. The lowest BCUT2D eigenvalue weighted by Gasteiger charge is -2.15. The number of hydrogen-bond donors (Lipinski definition) is 3. The Kier molecular flexibility index (Phi) is 6.02. The first-order chi connectivity index (χ1) is 8.99. The maximum atomic E-state index is 11.6. The molecular weight excluding hydrogens is 244 g/mol. The van der Waals surface area contributed by atoms with Crippen LogP contribution in [0.15, 0.2) is 30.3 Å². The van der Waals surface area contributed by atoms with Crippen molar-refractivity contribution < 1.29 is 14.7 Å². The number of rotatable bonds is 7. The van der Waals surface area contributed by atoms with Gasteiger partial charge in [-0.25, -0.2) is 4.79 Å². The van der Waals surface area contributed by atoms with Gasteiger partial charge >= 0.3 is 5.97 Å². The summed E-state index contributed by atoms with van der Waals surface area (Å²) in [6.07, 6.45) is 0.281. The summed E-state index contributed by atoms with van der Waals surface area (Å²) < 4.78 is 0. The summed E-state index contributed by atoms with van der Waals surface area (Å²) in [5.41, 5.74) is 0.881. The van der Waals surface area contributed by atoms with E-state index in [9.17, 15) is 9.59 Å². The van der Waals surface area contributed by atoms with Crippen molar-refractivity contribution in [3.63, 3.8) is 0 Å². The number of carbonyl (C=O) groups excluding carboxylic acids is 1. The van der Waals surface area contributed by atoms with Crippen molar-refractivity contribution >= 4 is 11.9 Å². The van der Waals surface area contributed by atoms with E-state index in [2.05, 4.69) is 10.6 Å². The molecule has 1 amide bonds. The second-order valence-electron chi connectivity index (χ2n) is 4.68. The van der Waals surface area contributed by atoms with Crippen LogP contribution in [-0.4, -0.2) is 35.6 Å². The molecule has 3 N–H and O–H groups in total. The van der Waals surface area contributed by atoms with Gasteiger partial charge in [-0.2, -0.15) is 0 Å². The molecule has 1 rings (SSSR count). The normalized spacial score (nSPS) is 12.2. The fraction of sp³-hybridized carbons (Fsp3) is 0.429. The third-order valence-corrected chi connectivity index (χ3v) is 2.59. The predicted octanol–water partition coefficient (Wildman–Crippen LogP) is 0.796. The molecule has 0 bridgehead atoms. The van der Waals surface area contributed by atoms with Gasteiger partial charge in [-0.1, -0.05) is 44.2 Å². The van der Waals surface area contributed by atoms with E-state index in [1.165, 1.54) is 0 Å². The largest absolute Gasteiger partial charge is 0.480 e. The second-order valence-corrected chi connectivity index (χ2v) is 4.68. The highest BCUT2D eigenvalue weighted by atomic mass is 16.4. The van der Waals surface area contributed by atoms with E-state index in [0.29, 0.717) is 0 Å². The Labute approximate surface area is 113 Å². The minimum absolute atomic E-state index is 0.121. The molecule has 0 aliphatic heterocycles. The van der Waals surface area contributed by atoms with Crippen LogP contribution in [0.4, 0.5) is 0 Å². The molecule has 0 aliphatic carbocycles. The zero-order valence-electron chi connectivity index (χ0n) is 11.2. The Bertz CT molecular complexity index is 418. The van der Waals surface area contributed by atoms with Crippen LogP contribution in [0.5, 0.6) is 0 Å². The van der Waals surface area contributed by atoms with Crippen LogP contribution < -0.4 is 10.6 Å². The van der Waals surface area contributed by atoms with E-state index in [-0.39, 0.29) is 24.9 Å². The third-order valence-electron chi connectivity index (χ3n) is 2.59. The molecule has 0 saturated carbocycles. The van der Waals surface area contributed by atoms with Crippen LogP contribution >= 0.6 is 0 Å². The van der Waals surface area contributed by atoms with Gasteiger partial charge < -0.3 is 15.7 Å². The van der Waals surface area contributed by atoms with Crippen molar-refractivity contribution in [1.82, 2.24) is 10.6 Å². The van der Waals surface area contributed by atoms with Crippen molar-refractivity contribution in [3.8, 4) is 0 Å². The molecule has 0 aromatic heterocycles. The Morgan fingerprint density at radius 3 is 2.37 bits per heavy atom. The maximum Gasteiger partial charge on any atom is 0.326 e. The number of hydrogen-bond acceptors (Lipinski definition) is 3. The number of amides is 1. The summed E-state index contributed by atoms with van der Waals surface area (Å²) in [6, 6.07) is 8.52. The number of benzene rings is 1. The molecule has 104 valence electrons. The Morgan fingerprint density at radius 2 is 1.84 bits per heavy atom. The van der Waals surface area contributed by atoms with Crippen molar-refractivity contribution in [2.75, 3.05) is 6.54 Å². The highest BCUT2D eigenvalue weighted by molar-refractivity contribution is 5.84. The standard InChI is InChI=1S/C14H20N2O3/c1-10(2)15-9-13(17)16-12(14(18)19)8-11-6-4-3-5-7-11/h3-7,10,12,15H,8-9H2,1-2H3,(H,16,17)(H,18,19). The Morgan fingerprint density at radius 1 is 1.21 bits per heavy atom. The van der Waals surface area contributed by atoms with Gasteiger partial charge in [0.25, 0.3) is 0 Å². The Balaban J connectivity index is 2.54. The average molecular weight is 264 g/mol. The molecule has 0 radical (unpaired) electrons. The predicted molar refractivity (Wildman–Crippen MR) is 72.9 cm³/mol. The molecule has 1 aromatic carbocycles. The first-order valence-corrected chi connectivity index (χ1v) is 6.28. The van der Waals surface area contributed by atoms with Crippen molar-refractivity contribution in [3.05, 3.63) is 35.9 Å². The zero-order valence-corrected chi connectivity index (χ0v) is 11.2. The minimum atomic E-state index is -1.03. The van der Waals surface area contributed by atoms with Gasteiger partial charge in [0.1, 0.15) is 6.04 Å². The highest BCUT2D eigenvalue weighted by Crippen LogP contribution is 2.03. The van der Waals surface area contributed by atoms with E-state index in [1.807, 2.05) is 44.2 Å². The molecule has 0 spiro atoms. The van der Waals surface area contributed by atoms with E-state index >= 15 is 0 Å². The van der Waals surface area contributed by atoms with Gasteiger partial charge in [0, 0.05) is 12.5 Å². The van der Waals surface area contributed by atoms with Gasteiger partial charge in [-0.15, -0.1) is 0 Å². The van der Waals surface area contributed by atoms with E-state index in [4.69, 9.17) is 5.11 Å². The van der Waals surface area contributed by atoms with E-state index < -0.39 is 12.0 Å². The molecule has 5 heteroatoms. The minimum Gasteiger partial charge on any atom is -0.480 e. The van der Waals surface area contributed by atoms with Gasteiger partial charge in [0.15, 0.2) is 0 Å². The average Bonchev–Trinajstić information content (AvgIpc) is 2.36. The first kappa shape index (κ1) is 15.2. The van der Waals surface area contributed by atoms with Crippen LogP contribution in [0.25, 0.3) is 0 Å². The fourth-order valence-electron chi connectivity index (χ4n) is 1.59. The fourth-order valence-corrected chi connectivity index (χ4v) is 1.59. The van der Waals surface area contributed by atoms with Crippen LogP contribution in [-0.2, 0) is 16.0 Å². The summed E-state index contributed by atoms with van der Waals surface area (Å²) in [7, 11) is 0. The van der Waals surface area contributed by atoms with Crippen LogP contribution in [0.2, 0.25) is 0 Å². The zero-order chi connectivity index (χ0) is 14.3. The summed E-state index contributed by atoms with van der Waals surface area (Å²) in [6.45, 7) is 3.97. The van der Waals surface area contributed by atoms with Crippen molar-refractivity contribution in [1.29, 1.82) is 0 Å². The Hall–Kier alpha value is -1.88. The van der Waals surface area contributed by atoms with Gasteiger partial charge in [-0.05, 0) is 5.56 Å². The lowest BCUT2D eigenvalue weighted by atomic mass is 10.1. The topological polar surface area (TPSA) is 78.4 Å². The van der Waals surface area contributed by atoms with Crippen LogP contribution in [0.1, 0.15) is 19.4 Å². The quantitative estimate of drug-likeness (QED) is 0.680. The first-order valence-electron chi connectivity index (χ1n) is 6.28. The molecule has 0 saturated heterocycles. The summed E-state index contributed by atoms with van der Waals surface area (Å²) in [5.74, 6) is -1.33. The molecule has 0 aliphatic rings. The number of carbonyl (C=O) groups is 2. The number of carboxylic acid groups (broad SMARTS) is 1. The van der Waals surface area contributed by atoms with Gasteiger partial charge in [-0.3, -0.25) is 4.79 Å². The number of aliphatic carboxylic acids is 1. The monoisotopic (exact) mass is 264 g/mol. The number of carboxylic acids is 1. The van der Waals surface area contributed by atoms with Crippen LogP contribution in [0, 0.1) is 0 Å². The molecule has 1 unspecified atom stereocenters. The van der Waals surface area contributed by atoms with Gasteiger partial charge in [0.2, 0.25) is 5.91 Å².